The van der Waals surface area contributed by atoms with Crippen LogP contribution in [0.3, 0.4) is 0 Å². The average Bonchev–Trinajstić information content (AvgIpc) is 3.13. The fourth-order valence-electron chi connectivity index (χ4n) is 3.62. The van der Waals surface area contributed by atoms with Gasteiger partial charge in [0.05, 0.1) is 6.10 Å². The van der Waals surface area contributed by atoms with E-state index in [1.165, 1.54) is 6.33 Å². The third-order valence-corrected chi connectivity index (χ3v) is 5.44. The molecule has 1 amide bonds. The highest BCUT2D eigenvalue weighted by Crippen LogP contribution is 2.34. The second-order valence-electron chi connectivity index (χ2n) is 7.05. The fourth-order valence-corrected chi connectivity index (χ4v) is 3.85. The van der Waals surface area contributed by atoms with Crippen LogP contribution in [0.5, 0.6) is 0 Å². The van der Waals surface area contributed by atoms with Crippen molar-refractivity contribution >= 4 is 28.5 Å². The molecule has 1 saturated heterocycles. The van der Waals surface area contributed by atoms with Crippen LogP contribution >= 0.6 is 11.6 Å². The zero-order valence-electron chi connectivity index (χ0n) is 15.4. The Morgan fingerprint density at radius 3 is 2.45 bits per heavy atom. The van der Waals surface area contributed by atoms with Crippen molar-refractivity contribution in [2.45, 2.75) is 6.10 Å². The normalized spacial score (nSPS) is 14.2. The van der Waals surface area contributed by atoms with Gasteiger partial charge in [-0.1, -0.05) is 41.9 Å². The zero-order chi connectivity index (χ0) is 20.0. The van der Waals surface area contributed by atoms with Crippen LogP contribution in [0.4, 0.5) is 0 Å². The molecule has 0 saturated carbocycles. The Labute approximate surface area is 172 Å². The van der Waals surface area contributed by atoms with Gasteiger partial charge in [-0.25, -0.2) is 9.97 Å². The Morgan fingerprint density at radius 1 is 1.03 bits per heavy atom. The summed E-state index contributed by atoms with van der Waals surface area (Å²) in [5.74, 6) is -0.0704. The molecule has 1 aliphatic heterocycles. The monoisotopic (exact) mass is 404 g/mol. The van der Waals surface area contributed by atoms with Crippen LogP contribution in [0.25, 0.3) is 27.8 Å². The molecule has 0 spiro atoms. The van der Waals surface area contributed by atoms with Crippen molar-refractivity contribution in [2.24, 2.45) is 0 Å². The predicted octanol–water partition coefficient (Wildman–Crippen LogP) is 3.56. The van der Waals surface area contributed by atoms with Gasteiger partial charge >= 0.3 is 0 Å². The van der Waals surface area contributed by atoms with Crippen LogP contribution in [-0.2, 0) is 0 Å². The molecule has 144 valence electrons. The molecule has 2 aromatic heterocycles. The van der Waals surface area contributed by atoms with Crippen molar-refractivity contribution in [3.8, 4) is 16.8 Å². The number of halogens is 1. The molecule has 3 heterocycles. The molecule has 2 aromatic carbocycles. The summed E-state index contributed by atoms with van der Waals surface area (Å²) in [4.78, 5) is 22.7. The number of para-hydroxylation sites is 1. The van der Waals surface area contributed by atoms with Gasteiger partial charge < -0.3 is 14.6 Å². The fraction of sp³-hybridized carbons (Fsp3) is 0.136. The van der Waals surface area contributed by atoms with Crippen LogP contribution in [-0.4, -0.2) is 49.6 Å². The second kappa shape index (κ2) is 6.99. The molecule has 0 bridgehead atoms. The highest BCUT2D eigenvalue weighted by Gasteiger charge is 2.29. The molecular weight excluding hydrogens is 388 g/mol. The number of carbonyl (C=O) groups is 1. The molecule has 29 heavy (non-hydrogen) atoms. The van der Waals surface area contributed by atoms with Gasteiger partial charge in [-0.2, -0.15) is 0 Å². The van der Waals surface area contributed by atoms with Crippen LogP contribution in [0.1, 0.15) is 10.4 Å². The van der Waals surface area contributed by atoms with Gasteiger partial charge in [0.25, 0.3) is 5.91 Å². The van der Waals surface area contributed by atoms with E-state index >= 15 is 0 Å². The smallest absolute Gasteiger partial charge is 0.254 e. The molecule has 0 unspecified atom stereocenters. The van der Waals surface area contributed by atoms with Gasteiger partial charge in [-0.3, -0.25) is 4.79 Å². The van der Waals surface area contributed by atoms with E-state index in [1.54, 1.807) is 17.0 Å². The number of aromatic nitrogens is 3. The standard InChI is InChI=1S/C22H17ClN4O2/c23-21-20-19(24-13-25-21)18(12-27(20)16-4-2-1-3-5-16)14-6-8-15(9-7-14)22(29)26-10-17(28)11-26/h1-9,12-13,17,28H,10-11H2. The van der Waals surface area contributed by atoms with E-state index in [1.807, 2.05) is 53.2 Å². The summed E-state index contributed by atoms with van der Waals surface area (Å²) in [6.07, 6.45) is 3.03. The molecule has 0 aliphatic carbocycles. The van der Waals surface area contributed by atoms with Gasteiger partial charge in [-0.15, -0.1) is 0 Å². The number of fused-ring (bicyclic) bond motifs is 1. The van der Waals surface area contributed by atoms with E-state index in [-0.39, 0.29) is 5.91 Å². The Morgan fingerprint density at radius 2 is 1.76 bits per heavy atom. The van der Waals surface area contributed by atoms with E-state index in [4.69, 9.17) is 11.6 Å². The minimum atomic E-state index is -0.410. The highest BCUT2D eigenvalue weighted by atomic mass is 35.5. The Hall–Kier alpha value is -3.22. The molecule has 4 aromatic rings. The van der Waals surface area contributed by atoms with Crippen LogP contribution < -0.4 is 0 Å². The van der Waals surface area contributed by atoms with E-state index in [9.17, 15) is 9.90 Å². The maximum Gasteiger partial charge on any atom is 0.254 e. The number of amides is 1. The number of hydrogen-bond acceptors (Lipinski definition) is 4. The number of benzene rings is 2. The van der Waals surface area contributed by atoms with Crippen LogP contribution in [0, 0.1) is 0 Å². The minimum absolute atomic E-state index is 0.0704. The zero-order valence-corrected chi connectivity index (χ0v) is 16.1. The molecule has 1 fully saturated rings. The SMILES string of the molecule is O=C(c1ccc(-c2cn(-c3ccccc3)c3c(Cl)ncnc23)cc1)N1CC(O)C1. The van der Waals surface area contributed by atoms with Crippen molar-refractivity contribution in [3.05, 3.63) is 77.8 Å². The van der Waals surface area contributed by atoms with E-state index in [2.05, 4.69) is 9.97 Å². The predicted molar refractivity (Wildman–Crippen MR) is 111 cm³/mol. The van der Waals surface area contributed by atoms with Crippen molar-refractivity contribution in [2.75, 3.05) is 13.1 Å². The first kappa shape index (κ1) is 17.8. The van der Waals surface area contributed by atoms with E-state index < -0.39 is 6.10 Å². The van der Waals surface area contributed by atoms with Crippen molar-refractivity contribution in [1.29, 1.82) is 0 Å². The number of β-amino-alcohol motifs (C(OH)–C–C–N with tert-alkyl or cyclic N) is 1. The van der Waals surface area contributed by atoms with Gasteiger partial charge in [0.2, 0.25) is 0 Å². The van der Waals surface area contributed by atoms with E-state index in [0.29, 0.717) is 23.8 Å². The Kier molecular flexibility index (Phi) is 4.30. The van der Waals surface area contributed by atoms with Crippen molar-refractivity contribution in [1.82, 2.24) is 19.4 Å². The number of aliphatic hydroxyl groups is 1. The molecule has 1 aliphatic rings. The average molecular weight is 405 g/mol. The summed E-state index contributed by atoms with van der Waals surface area (Å²) in [5, 5.41) is 9.79. The van der Waals surface area contributed by atoms with Gasteiger partial charge in [0.1, 0.15) is 17.4 Å². The lowest BCUT2D eigenvalue weighted by molar-refractivity contribution is 0.00590. The van der Waals surface area contributed by atoms with Gasteiger partial charge in [0, 0.05) is 36.1 Å². The number of likely N-dealkylation sites (tertiary alicyclic amines) is 1. The molecular formula is C22H17ClN4O2. The molecule has 0 atom stereocenters. The van der Waals surface area contributed by atoms with Crippen molar-refractivity contribution in [3.63, 3.8) is 0 Å². The Balaban J connectivity index is 1.57. The third-order valence-electron chi connectivity index (χ3n) is 5.16. The van der Waals surface area contributed by atoms with Gasteiger partial charge in [-0.05, 0) is 29.8 Å². The number of nitrogens with zero attached hydrogens (tertiary/aromatic N) is 4. The minimum Gasteiger partial charge on any atom is -0.389 e. The second-order valence-corrected chi connectivity index (χ2v) is 7.41. The number of hydrogen-bond donors (Lipinski definition) is 1. The lowest BCUT2D eigenvalue weighted by atomic mass is 10.0. The Bertz CT molecular complexity index is 1200. The summed E-state index contributed by atoms with van der Waals surface area (Å²) in [6.45, 7) is 0.779. The molecule has 0 radical (unpaired) electrons. The molecule has 6 nitrogen and oxygen atoms in total. The van der Waals surface area contributed by atoms with Crippen LogP contribution in [0.15, 0.2) is 67.1 Å². The summed E-state index contributed by atoms with van der Waals surface area (Å²) in [6, 6.07) is 17.3. The maximum atomic E-state index is 12.4. The summed E-state index contributed by atoms with van der Waals surface area (Å²) in [7, 11) is 0. The first-order chi connectivity index (χ1) is 14.1. The number of carbonyl (C=O) groups excluding carboxylic acids is 1. The number of aliphatic hydroxyl groups excluding tert-OH is 1. The molecule has 5 rings (SSSR count). The summed E-state index contributed by atoms with van der Waals surface area (Å²) in [5.41, 5.74) is 4.89. The van der Waals surface area contributed by atoms with Gasteiger partial charge in [0.15, 0.2) is 5.15 Å². The molecule has 7 heteroatoms. The summed E-state index contributed by atoms with van der Waals surface area (Å²) >= 11 is 6.41. The first-order valence-electron chi connectivity index (χ1n) is 9.26. The topological polar surface area (TPSA) is 71.2 Å². The lowest BCUT2D eigenvalue weighted by Crippen LogP contribution is -2.53. The largest absolute Gasteiger partial charge is 0.389 e. The number of rotatable bonds is 3. The van der Waals surface area contributed by atoms with Crippen molar-refractivity contribution < 1.29 is 9.90 Å². The summed E-state index contributed by atoms with van der Waals surface area (Å²) < 4.78 is 1.98. The first-order valence-corrected chi connectivity index (χ1v) is 9.64. The quantitative estimate of drug-likeness (QED) is 0.530. The van der Waals surface area contributed by atoms with E-state index in [0.717, 1.165) is 27.8 Å². The highest BCUT2D eigenvalue weighted by molar-refractivity contribution is 6.34. The third kappa shape index (κ3) is 3.06. The lowest BCUT2D eigenvalue weighted by Gasteiger charge is -2.35. The van der Waals surface area contributed by atoms with Crippen LogP contribution in [0.2, 0.25) is 5.15 Å². The maximum absolute atomic E-state index is 12.4. The molecule has 1 N–H and O–H groups in total.